The molecule has 1 aromatic carbocycles. The fourth-order valence-corrected chi connectivity index (χ4v) is 4.70. The molecule has 2 aliphatic rings. The van der Waals surface area contributed by atoms with Crippen molar-refractivity contribution in [2.75, 3.05) is 23.0 Å². The molecule has 2 saturated heterocycles. The lowest BCUT2D eigenvalue weighted by molar-refractivity contribution is -0.132. The van der Waals surface area contributed by atoms with Crippen molar-refractivity contribution < 1.29 is 9.59 Å². The summed E-state index contributed by atoms with van der Waals surface area (Å²) in [6, 6.07) is 9.68. The first-order chi connectivity index (χ1) is 11.1. The lowest BCUT2D eigenvalue weighted by atomic mass is 9.98. The maximum atomic E-state index is 12.6. The minimum absolute atomic E-state index is 0.201. The van der Waals surface area contributed by atoms with Crippen molar-refractivity contribution in [1.29, 1.82) is 5.26 Å². The summed E-state index contributed by atoms with van der Waals surface area (Å²) in [5.41, 5.74) is -0.0396. The van der Waals surface area contributed by atoms with Crippen molar-refractivity contribution >= 4 is 45.2 Å². The largest absolute Gasteiger partial charge is 0.336 e. The third-order valence-electron chi connectivity index (χ3n) is 4.26. The molecule has 0 radical (unpaired) electrons. The Labute approximate surface area is 147 Å². The van der Waals surface area contributed by atoms with Crippen molar-refractivity contribution in [3.63, 3.8) is 0 Å². The first kappa shape index (κ1) is 16.3. The number of hydrogen-bond acceptors (Lipinski definition) is 4. The summed E-state index contributed by atoms with van der Waals surface area (Å²) in [6.07, 6.45) is 1.11. The zero-order valence-corrected chi connectivity index (χ0v) is 14.8. The minimum Gasteiger partial charge on any atom is -0.336 e. The molecule has 0 aromatic heterocycles. The van der Waals surface area contributed by atoms with E-state index in [1.54, 1.807) is 16.7 Å². The first-order valence-corrected chi connectivity index (χ1v) is 9.38. The van der Waals surface area contributed by atoms with E-state index in [1.807, 2.05) is 24.3 Å². The highest BCUT2D eigenvalue weighted by atomic mass is 79.9. The van der Waals surface area contributed by atoms with E-state index in [4.69, 9.17) is 0 Å². The predicted molar refractivity (Wildman–Crippen MR) is 93.0 cm³/mol. The van der Waals surface area contributed by atoms with Gasteiger partial charge in [0.15, 0.2) is 0 Å². The van der Waals surface area contributed by atoms with Gasteiger partial charge in [-0.2, -0.15) is 17.0 Å². The number of rotatable bonds is 3. The van der Waals surface area contributed by atoms with Crippen LogP contribution in [0.25, 0.3) is 0 Å². The highest BCUT2D eigenvalue weighted by Crippen LogP contribution is 2.32. The average molecular weight is 394 g/mol. The molecule has 0 aliphatic carbocycles. The monoisotopic (exact) mass is 393 g/mol. The molecule has 0 bridgehead atoms. The molecule has 2 unspecified atom stereocenters. The first-order valence-electron chi connectivity index (χ1n) is 7.43. The summed E-state index contributed by atoms with van der Waals surface area (Å²) < 4.78 is 0.829. The smallest absolute Gasteiger partial charge is 0.239 e. The van der Waals surface area contributed by atoms with E-state index in [0.717, 1.165) is 15.9 Å². The molecule has 2 fully saturated rings. The highest BCUT2D eigenvalue weighted by Gasteiger charge is 2.43. The average Bonchev–Trinajstić information content (AvgIpc) is 3.15. The van der Waals surface area contributed by atoms with Crippen LogP contribution in [0.5, 0.6) is 0 Å². The van der Waals surface area contributed by atoms with Crippen LogP contribution in [0.1, 0.15) is 12.8 Å². The van der Waals surface area contributed by atoms with E-state index < -0.39 is 11.5 Å². The van der Waals surface area contributed by atoms with E-state index in [9.17, 15) is 14.9 Å². The number of nitrogens with zero attached hydrogens (tertiary/aromatic N) is 2. The Morgan fingerprint density at radius 3 is 2.91 bits per heavy atom. The summed E-state index contributed by atoms with van der Waals surface area (Å²) in [6.45, 7) is 0.508. The molecule has 120 valence electrons. The van der Waals surface area contributed by atoms with Gasteiger partial charge >= 0.3 is 0 Å². The Kier molecular flexibility index (Phi) is 4.64. The van der Waals surface area contributed by atoms with Gasteiger partial charge in [-0.3, -0.25) is 9.59 Å². The van der Waals surface area contributed by atoms with E-state index in [1.165, 1.54) is 0 Å². The summed E-state index contributed by atoms with van der Waals surface area (Å²) in [7, 11) is 0. The number of nitrogens with one attached hydrogen (secondary N) is 1. The third kappa shape index (κ3) is 3.10. The molecular weight excluding hydrogens is 378 g/mol. The molecule has 23 heavy (non-hydrogen) atoms. The predicted octanol–water partition coefficient (Wildman–Crippen LogP) is 2.32. The van der Waals surface area contributed by atoms with Crippen LogP contribution in [-0.2, 0) is 9.59 Å². The van der Waals surface area contributed by atoms with Crippen molar-refractivity contribution in [2.45, 2.75) is 18.4 Å². The van der Waals surface area contributed by atoms with Crippen LogP contribution in [0.4, 0.5) is 5.69 Å². The maximum Gasteiger partial charge on any atom is 0.239 e. The fraction of sp³-hybridized carbons (Fsp3) is 0.438. The van der Waals surface area contributed by atoms with Crippen molar-refractivity contribution in [3.05, 3.63) is 28.7 Å². The number of hydrogen-bond donors (Lipinski definition) is 1. The van der Waals surface area contributed by atoms with Crippen LogP contribution in [0, 0.1) is 17.2 Å². The summed E-state index contributed by atoms with van der Waals surface area (Å²) in [5.74, 6) is 0.208. The fourth-order valence-electron chi connectivity index (χ4n) is 2.94. The molecule has 1 N–H and O–H groups in total. The van der Waals surface area contributed by atoms with Gasteiger partial charge in [-0.15, -0.1) is 0 Å². The summed E-state index contributed by atoms with van der Waals surface area (Å²) >= 11 is 5.09. The van der Waals surface area contributed by atoms with Crippen LogP contribution in [0.3, 0.4) is 0 Å². The van der Waals surface area contributed by atoms with E-state index in [0.29, 0.717) is 25.1 Å². The number of anilines is 1. The number of amides is 2. The number of halogens is 1. The molecule has 5 nitrogen and oxygen atoms in total. The molecule has 0 saturated carbocycles. The Morgan fingerprint density at radius 1 is 1.48 bits per heavy atom. The lowest BCUT2D eigenvalue weighted by Gasteiger charge is -2.23. The van der Waals surface area contributed by atoms with E-state index in [-0.39, 0.29) is 11.8 Å². The topological polar surface area (TPSA) is 73.2 Å². The highest BCUT2D eigenvalue weighted by molar-refractivity contribution is 9.10. The third-order valence-corrected chi connectivity index (χ3v) is 6.12. The van der Waals surface area contributed by atoms with Gasteiger partial charge in [0.25, 0.3) is 0 Å². The van der Waals surface area contributed by atoms with Gasteiger partial charge < -0.3 is 10.2 Å². The Morgan fingerprint density at radius 2 is 2.26 bits per heavy atom. The quantitative estimate of drug-likeness (QED) is 0.799. The molecule has 1 aromatic rings. The molecule has 3 rings (SSSR count). The molecule has 2 aliphatic heterocycles. The molecule has 2 amide bonds. The van der Waals surface area contributed by atoms with Crippen LogP contribution in [0.2, 0.25) is 0 Å². The SMILES string of the molecule is N#CC1(NC(=O)C2CCN(c3ccccc3Br)C2=O)CCSC1. The van der Waals surface area contributed by atoms with Gasteiger partial charge in [0.05, 0.1) is 11.8 Å². The lowest BCUT2D eigenvalue weighted by Crippen LogP contribution is -2.50. The summed E-state index contributed by atoms with van der Waals surface area (Å²) in [4.78, 5) is 26.8. The minimum atomic E-state index is -0.817. The van der Waals surface area contributed by atoms with Crippen molar-refractivity contribution in [3.8, 4) is 6.07 Å². The van der Waals surface area contributed by atoms with Gasteiger partial charge in [0.2, 0.25) is 11.8 Å². The number of carbonyl (C=O) groups excluding carboxylic acids is 2. The second-order valence-corrected chi connectivity index (χ2v) is 7.73. The van der Waals surface area contributed by atoms with Crippen molar-refractivity contribution in [2.24, 2.45) is 5.92 Å². The van der Waals surface area contributed by atoms with Gasteiger partial charge in [-0.05, 0) is 46.7 Å². The Bertz CT molecular complexity index is 682. The summed E-state index contributed by atoms with van der Waals surface area (Å²) in [5, 5.41) is 12.2. The Hall–Kier alpha value is -1.52. The van der Waals surface area contributed by atoms with Gasteiger partial charge in [0, 0.05) is 16.8 Å². The molecule has 0 spiro atoms. The van der Waals surface area contributed by atoms with Gasteiger partial charge in [-0.1, -0.05) is 12.1 Å². The normalized spacial score (nSPS) is 27.0. The molecule has 2 heterocycles. The van der Waals surface area contributed by atoms with Crippen molar-refractivity contribution in [1.82, 2.24) is 5.32 Å². The van der Waals surface area contributed by atoms with Crippen LogP contribution < -0.4 is 10.2 Å². The molecule has 7 heteroatoms. The number of para-hydroxylation sites is 1. The van der Waals surface area contributed by atoms with Gasteiger partial charge in [0.1, 0.15) is 11.5 Å². The van der Waals surface area contributed by atoms with E-state index >= 15 is 0 Å². The molecular formula is C16H16BrN3O2S. The number of nitriles is 1. The Balaban J connectivity index is 1.73. The van der Waals surface area contributed by atoms with Crippen LogP contribution in [-0.4, -0.2) is 35.4 Å². The molecule has 2 atom stereocenters. The van der Waals surface area contributed by atoms with Gasteiger partial charge in [-0.25, -0.2) is 0 Å². The second-order valence-electron chi connectivity index (χ2n) is 5.77. The van der Waals surface area contributed by atoms with E-state index in [2.05, 4.69) is 27.3 Å². The maximum absolute atomic E-state index is 12.6. The number of carbonyl (C=O) groups is 2. The number of thioether (sulfide) groups is 1. The second kappa shape index (κ2) is 6.54. The standard InChI is InChI=1S/C16H16BrN3O2S/c17-12-3-1-2-4-13(12)20-7-5-11(15(20)22)14(21)19-16(9-18)6-8-23-10-16/h1-4,11H,5-8,10H2,(H,19,21). The van der Waals surface area contributed by atoms with Crippen LogP contribution >= 0.6 is 27.7 Å². The number of benzene rings is 1. The zero-order valence-electron chi connectivity index (χ0n) is 12.4. The van der Waals surface area contributed by atoms with Crippen LogP contribution in [0.15, 0.2) is 28.7 Å². The zero-order chi connectivity index (χ0) is 16.4.